The van der Waals surface area contributed by atoms with E-state index in [9.17, 15) is 15.2 Å². The number of nitriles is 1. The number of aromatic nitrogens is 3. The molecule has 43 heavy (non-hydrogen) atoms. The highest BCUT2D eigenvalue weighted by Crippen LogP contribution is 2.50. The minimum absolute atomic E-state index is 0.0359. The van der Waals surface area contributed by atoms with E-state index in [1.165, 1.54) is 23.4 Å². The van der Waals surface area contributed by atoms with Crippen molar-refractivity contribution in [1.82, 2.24) is 19.7 Å². The van der Waals surface area contributed by atoms with Gasteiger partial charge in [-0.2, -0.15) is 10.4 Å². The van der Waals surface area contributed by atoms with Crippen molar-refractivity contribution in [3.8, 4) is 6.07 Å². The van der Waals surface area contributed by atoms with Crippen molar-refractivity contribution in [3.05, 3.63) is 117 Å². The van der Waals surface area contributed by atoms with Crippen LogP contribution in [-0.4, -0.2) is 50.0 Å². The molecule has 1 unspecified atom stereocenters. The Morgan fingerprint density at radius 2 is 2.02 bits per heavy atom. The zero-order valence-electron chi connectivity index (χ0n) is 23.6. The Morgan fingerprint density at radius 1 is 1.23 bits per heavy atom. The van der Waals surface area contributed by atoms with Crippen LogP contribution in [0.1, 0.15) is 63.6 Å². The molecule has 0 spiro atoms. The average Bonchev–Trinajstić information content (AvgIpc) is 3.75. The number of ether oxygens (including phenoxy) is 2. The van der Waals surface area contributed by atoms with Gasteiger partial charge >= 0.3 is 0 Å². The SMILES string of the molecule is CCC(O)(c1cc(F)c2c(c1)C(=O)N(Cc1ccc(C#N)cn1)[C@@]2(O[C@H]1CCOC1)c1ccc(Cl)cc1)c1cnn(C)c1. The number of benzene rings is 2. The Kier molecular flexibility index (Phi) is 7.52. The molecule has 220 valence electrons. The molecule has 1 fully saturated rings. The lowest BCUT2D eigenvalue weighted by Gasteiger charge is -2.41. The first-order valence-corrected chi connectivity index (χ1v) is 14.3. The summed E-state index contributed by atoms with van der Waals surface area (Å²) in [6.07, 6.45) is 4.95. The van der Waals surface area contributed by atoms with Gasteiger partial charge in [0.2, 0.25) is 5.72 Å². The molecule has 0 radical (unpaired) electrons. The van der Waals surface area contributed by atoms with E-state index in [0.717, 1.165) is 0 Å². The first kappa shape index (κ1) is 29.0. The highest BCUT2D eigenvalue weighted by atomic mass is 35.5. The van der Waals surface area contributed by atoms with Crippen LogP contribution in [0.2, 0.25) is 5.02 Å². The zero-order chi connectivity index (χ0) is 30.4. The van der Waals surface area contributed by atoms with Crippen LogP contribution in [0.15, 0.2) is 67.1 Å². The number of carbonyl (C=O) groups is 1. The smallest absolute Gasteiger partial charge is 0.257 e. The molecule has 11 heteroatoms. The number of nitrogens with zero attached hydrogens (tertiary/aromatic N) is 5. The van der Waals surface area contributed by atoms with Gasteiger partial charge in [0.1, 0.15) is 17.5 Å². The van der Waals surface area contributed by atoms with E-state index in [-0.39, 0.29) is 36.3 Å². The molecule has 0 saturated carbocycles. The molecule has 1 amide bonds. The van der Waals surface area contributed by atoms with Crippen molar-refractivity contribution >= 4 is 17.5 Å². The molecule has 3 atom stereocenters. The molecule has 0 aliphatic carbocycles. The maximum Gasteiger partial charge on any atom is 0.257 e. The maximum absolute atomic E-state index is 16.8. The summed E-state index contributed by atoms with van der Waals surface area (Å²) < 4.78 is 30.7. The minimum atomic E-state index is -1.70. The predicted molar refractivity (Wildman–Crippen MR) is 154 cm³/mol. The highest BCUT2D eigenvalue weighted by Gasteiger charge is 2.56. The second kappa shape index (κ2) is 11.2. The Hall–Kier alpha value is -4.14. The second-order valence-corrected chi connectivity index (χ2v) is 11.2. The number of hydrogen-bond donors (Lipinski definition) is 1. The summed E-state index contributed by atoms with van der Waals surface area (Å²) in [5, 5.41) is 25.7. The van der Waals surface area contributed by atoms with Crippen LogP contribution in [0.25, 0.3) is 0 Å². The average molecular weight is 602 g/mol. The summed E-state index contributed by atoms with van der Waals surface area (Å²) in [7, 11) is 1.73. The van der Waals surface area contributed by atoms with Crippen LogP contribution in [0.4, 0.5) is 4.39 Å². The summed E-state index contributed by atoms with van der Waals surface area (Å²) >= 11 is 6.25. The van der Waals surface area contributed by atoms with E-state index in [1.807, 2.05) is 6.07 Å². The number of amides is 1. The normalized spacial score (nSPS) is 21.1. The van der Waals surface area contributed by atoms with Gasteiger partial charge in [-0.25, -0.2) is 4.39 Å². The Bertz CT molecular complexity index is 1720. The molecule has 9 nitrogen and oxygen atoms in total. The van der Waals surface area contributed by atoms with Crippen LogP contribution >= 0.6 is 11.6 Å². The van der Waals surface area contributed by atoms with Gasteiger partial charge in [0.15, 0.2) is 0 Å². The van der Waals surface area contributed by atoms with Crippen molar-refractivity contribution in [2.24, 2.45) is 7.05 Å². The number of aliphatic hydroxyl groups is 1. The van der Waals surface area contributed by atoms with Gasteiger partial charge in [0.05, 0.1) is 47.8 Å². The van der Waals surface area contributed by atoms with Crippen molar-refractivity contribution in [2.75, 3.05) is 13.2 Å². The van der Waals surface area contributed by atoms with Gasteiger partial charge in [-0.1, -0.05) is 30.7 Å². The quantitative estimate of drug-likeness (QED) is 0.309. The standard InChI is InChI=1S/C32H29ClFN5O4/c1-3-31(41,23-16-37-38(2)17-23)22-12-27-29(28(34)13-22)32(43-26-10-11-42-19-26,21-5-7-24(33)8-6-21)39(30(27)40)18-25-9-4-20(14-35)15-36-25/h4-9,12-13,15-17,26,41H,3,10-11,18-19H2,1-2H3/t26-,31?,32+/m0/s1. The lowest BCUT2D eigenvalue weighted by Crippen LogP contribution is -2.49. The third kappa shape index (κ3) is 4.88. The minimum Gasteiger partial charge on any atom is -0.380 e. The van der Waals surface area contributed by atoms with Crippen molar-refractivity contribution < 1.29 is 23.8 Å². The molecule has 2 aromatic heterocycles. The molecule has 0 bridgehead atoms. The number of hydrogen-bond acceptors (Lipinski definition) is 7. The first-order valence-electron chi connectivity index (χ1n) is 13.9. The molecule has 4 aromatic rings. The maximum atomic E-state index is 16.8. The van der Waals surface area contributed by atoms with Gasteiger partial charge < -0.3 is 14.6 Å². The summed E-state index contributed by atoms with van der Waals surface area (Å²) in [6.45, 7) is 2.47. The molecule has 2 aliphatic heterocycles. The van der Waals surface area contributed by atoms with Gasteiger partial charge in [-0.05, 0) is 54.8 Å². The highest BCUT2D eigenvalue weighted by molar-refractivity contribution is 6.30. The lowest BCUT2D eigenvalue weighted by atomic mass is 9.83. The van der Waals surface area contributed by atoms with E-state index < -0.39 is 29.2 Å². The number of aryl methyl sites for hydroxylation is 1. The van der Waals surface area contributed by atoms with Crippen LogP contribution in [-0.2, 0) is 34.4 Å². The lowest BCUT2D eigenvalue weighted by molar-refractivity contribution is -0.148. The first-order chi connectivity index (χ1) is 20.7. The largest absolute Gasteiger partial charge is 0.380 e. The van der Waals surface area contributed by atoms with Gasteiger partial charge in [0.25, 0.3) is 5.91 Å². The van der Waals surface area contributed by atoms with Crippen molar-refractivity contribution in [2.45, 2.75) is 43.7 Å². The number of carbonyl (C=O) groups excluding carboxylic acids is 1. The number of fused-ring (bicyclic) bond motifs is 1. The molecule has 1 saturated heterocycles. The van der Waals surface area contributed by atoms with Crippen LogP contribution in [0.5, 0.6) is 0 Å². The Labute approximate surface area is 253 Å². The van der Waals surface area contributed by atoms with E-state index in [2.05, 4.69) is 10.1 Å². The summed E-state index contributed by atoms with van der Waals surface area (Å²) in [5.41, 5.74) is -1.17. The van der Waals surface area contributed by atoms with Gasteiger partial charge in [-0.3, -0.25) is 19.4 Å². The summed E-state index contributed by atoms with van der Waals surface area (Å²) in [5.74, 6) is -1.21. The van der Waals surface area contributed by atoms with E-state index in [1.54, 1.807) is 67.3 Å². The summed E-state index contributed by atoms with van der Waals surface area (Å²) in [4.78, 5) is 20.3. The predicted octanol–water partition coefficient (Wildman–Crippen LogP) is 4.79. The van der Waals surface area contributed by atoms with Crippen molar-refractivity contribution in [1.29, 1.82) is 5.26 Å². The number of halogens is 2. The van der Waals surface area contributed by atoms with E-state index in [4.69, 9.17) is 21.1 Å². The molecule has 4 heterocycles. The number of pyridine rings is 1. The fourth-order valence-corrected chi connectivity index (χ4v) is 6.06. The van der Waals surface area contributed by atoms with Crippen LogP contribution in [0, 0.1) is 17.1 Å². The second-order valence-electron chi connectivity index (χ2n) is 10.8. The molecule has 2 aromatic carbocycles. The molecule has 2 aliphatic rings. The molecular weight excluding hydrogens is 573 g/mol. The number of rotatable bonds is 8. The van der Waals surface area contributed by atoms with E-state index >= 15 is 4.39 Å². The van der Waals surface area contributed by atoms with Crippen LogP contribution < -0.4 is 0 Å². The van der Waals surface area contributed by atoms with Crippen LogP contribution in [0.3, 0.4) is 0 Å². The third-order valence-electron chi connectivity index (χ3n) is 8.19. The third-order valence-corrected chi connectivity index (χ3v) is 8.44. The topological polar surface area (TPSA) is 114 Å². The van der Waals surface area contributed by atoms with Gasteiger partial charge in [0, 0.05) is 42.2 Å². The Balaban J connectivity index is 1.58. The molecule has 6 rings (SSSR count). The summed E-state index contributed by atoms with van der Waals surface area (Å²) in [6, 6.07) is 14.9. The zero-order valence-corrected chi connectivity index (χ0v) is 24.4. The molecular formula is C32H29ClFN5O4. The van der Waals surface area contributed by atoms with Gasteiger partial charge in [-0.15, -0.1) is 0 Å². The van der Waals surface area contributed by atoms with E-state index in [0.29, 0.717) is 40.4 Å². The fraction of sp³-hybridized carbons (Fsp3) is 0.312. The monoisotopic (exact) mass is 601 g/mol. The van der Waals surface area contributed by atoms with Crippen molar-refractivity contribution in [3.63, 3.8) is 0 Å². The molecule has 1 N–H and O–H groups in total. The fourth-order valence-electron chi connectivity index (χ4n) is 5.93. The Morgan fingerprint density at radius 3 is 2.63 bits per heavy atom.